The van der Waals surface area contributed by atoms with E-state index in [1.165, 1.54) is 6.07 Å². The molecular weight excluding hydrogens is 321 g/mol. The fourth-order valence-corrected chi connectivity index (χ4v) is 3.37. The van der Waals surface area contributed by atoms with E-state index in [9.17, 15) is 9.18 Å². The number of carbonyl (C=O) groups excluding carboxylic acids is 1. The first-order valence-corrected chi connectivity index (χ1v) is 8.83. The summed E-state index contributed by atoms with van der Waals surface area (Å²) in [6, 6.07) is 6.61. The van der Waals surface area contributed by atoms with Crippen LogP contribution in [0, 0.1) is 12.7 Å². The number of benzene rings is 1. The van der Waals surface area contributed by atoms with E-state index < -0.39 is 5.82 Å². The Balaban J connectivity index is 1.80. The van der Waals surface area contributed by atoms with Crippen molar-refractivity contribution < 1.29 is 13.9 Å². The largest absolute Gasteiger partial charge is 0.490 e. The lowest BCUT2D eigenvalue weighted by atomic mass is 10.00. The van der Waals surface area contributed by atoms with Crippen LogP contribution in [0.4, 0.5) is 4.39 Å². The van der Waals surface area contributed by atoms with Gasteiger partial charge in [0.2, 0.25) is 0 Å². The Morgan fingerprint density at radius 3 is 2.92 bits per heavy atom. The first-order chi connectivity index (χ1) is 12.0. The van der Waals surface area contributed by atoms with E-state index in [1.54, 1.807) is 18.2 Å². The minimum absolute atomic E-state index is 0.234. The predicted molar refractivity (Wildman–Crippen MR) is 93.3 cm³/mol. The van der Waals surface area contributed by atoms with E-state index in [-0.39, 0.29) is 17.7 Å². The van der Waals surface area contributed by atoms with Crippen LogP contribution in [0.2, 0.25) is 0 Å². The first-order valence-electron chi connectivity index (χ1n) is 8.83. The number of aryl methyl sites for hydroxylation is 1. The molecule has 5 nitrogen and oxygen atoms in total. The molecule has 1 atom stereocenters. The van der Waals surface area contributed by atoms with Gasteiger partial charge in [-0.25, -0.2) is 4.39 Å². The van der Waals surface area contributed by atoms with Crippen LogP contribution in [0.25, 0.3) is 0 Å². The Labute approximate surface area is 147 Å². The molecule has 0 saturated carbocycles. The molecule has 0 spiro atoms. The average Bonchev–Trinajstić information content (AvgIpc) is 2.99. The van der Waals surface area contributed by atoms with Crippen LogP contribution in [0.3, 0.4) is 0 Å². The lowest BCUT2D eigenvalue weighted by molar-refractivity contribution is 0.0917. The Morgan fingerprint density at radius 1 is 1.44 bits per heavy atom. The summed E-state index contributed by atoms with van der Waals surface area (Å²) >= 11 is 0. The number of rotatable bonds is 5. The normalized spacial score (nSPS) is 16.4. The quantitative estimate of drug-likeness (QED) is 0.893. The molecule has 1 aromatic heterocycles. The van der Waals surface area contributed by atoms with Gasteiger partial charge in [0.15, 0.2) is 11.6 Å². The van der Waals surface area contributed by atoms with Gasteiger partial charge < -0.3 is 10.1 Å². The molecule has 0 radical (unpaired) electrons. The highest BCUT2D eigenvalue weighted by Gasteiger charge is 2.26. The molecular formula is C19H24FN3O2. The number of aromatic nitrogens is 2. The smallest absolute Gasteiger partial charge is 0.272 e. The van der Waals surface area contributed by atoms with Crippen molar-refractivity contribution in [2.75, 3.05) is 6.61 Å². The summed E-state index contributed by atoms with van der Waals surface area (Å²) in [5.41, 5.74) is 2.04. The molecule has 0 saturated heterocycles. The minimum Gasteiger partial charge on any atom is -0.490 e. The van der Waals surface area contributed by atoms with Crippen LogP contribution >= 0.6 is 0 Å². The molecule has 0 fully saturated rings. The summed E-state index contributed by atoms with van der Waals surface area (Å²) < 4.78 is 21.2. The molecule has 1 unspecified atom stereocenters. The fraction of sp³-hybridized carbons (Fsp3) is 0.474. The number of carbonyl (C=O) groups is 1. The van der Waals surface area contributed by atoms with E-state index in [4.69, 9.17) is 4.74 Å². The summed E-state index contributed by atoms with van der Waals surface area (Å²) in [5.74, 6) is -0.405. The highest BCUT2D eigenvalue weighted by molar-refractivity contribution is 5.92. The van der Waals surface area contributed by atoms with Crippen LogP contribution in [0.5, 0.6) is 5.75 Å². The second kappa shape index (κ2) is 7.25. The molecule has 1 amide bonds. The third kappa shape index (κ3) is 3.38. The van der Waals surface area contributed by atoms with Gasteiger partial charge in [-0.3, -0.25) is 9.48 Å². The zero-order valence-corrected chi connectivity index (χ0v) is 14.9. The third-order valence-electron chi connectivity index (χ3n) is 4.77. The van der Waals surface area contributed by atoms with Crippen LogP contribution < -0.4 is 10.1 Å². The molecule has 1 aliphatic rings. The Morgan fingerprint density at radius 2 is 2.20 bits per heavy atom. The van der Waals surface area contributed by atoms with Gasteiger partial charge in [0.1, 0.15) is 5.69 Å². The maximum absolute atomic E-state index is 13.9. The average molecular weight is 345 g/mol. The number of hydrogen-bond donors (Lipinski definition) is 1. The molecule has 2 heterocycles. The highest BCUT2D eigenvalue weighted by atomic mass is 19.1. The van der Waals surface area contributed by atoms with Gasteiger partial charge in [-0.05, 0) is 31.9 Å². The fourth-order valence-electron chi connectivity index (χ4n) is 3.37. The van der Waals surface area contributed by atoms with E-state index >= 15 is 0 Å². The lowest BCUT2D eigenvalue weighted by Crippen LogP contribution is -2.32. The van der Waals surface area contributed by atoms with Crippen LogP contribution in [0.15, 0.2) is 24.3 Å². The van der Waals surface area contributed by atoms with Gasteiger partial charge in [0, 0.05) is 17.7 Å². The maximum Gasteiger partial charge on any atom is 0.272 e. The van der Waals surface area contributed by atoms with E-state index in [1.807, 2.05) is 11.6 Å². The Hall–Kier alpha value is -2.37. The van der Waals surface area contributed by atoms with Crippen molar-refractivity contribution in [3.05, 3.63) is 47.0 Å². The zero-order valence-electron chi connectivity index (χ0n) is 14.9. The second-order valence-corrected chi connectivity index (χ2v) is 6.41. The molecule has 0 bridgehead atoms. The van der Waals surface area contributed by atoms with Crippen molar-refractivity contribution in [1.82, 2.24) is 15.1 Å². The maximum atomic E-state index is 13.9. The number of hydrogen-bond acceptors (Lipinski definition) is 3. The summed E-state index contributed by atoms with van der Waals surface area (Å²) in [5, 5.41) is 7.46. The van der Waals surface area contributed by atoms with Crippen LogP contribution in [-0.2, 0) is 0 Å². The molecule has 1 N–H and O–H groups in total. The van der Waals surface area contributed by atoms with Gasteiger partial charge in [0.05, 0.1) is 18.7 Å². The van der Waals surface area contributed by atoms with Gasteiger partial charge >= 0.3 is 0 Å². The molecule has 3 rings (SSSR count). The summed E-state index contributed by atoms with van der Waals surface area (Å²) in [4.78, 5) is 12.7. The van der Waals surface area contributed by atoms with Gasteiger partial charge in [-0.1, -0.05) is 26.0 Å². The number of para-hydroxylation sites is 1. The van der Waals surface area contributed by atoms with Gasteiger partial charge in [0.25, 0.3) is 5.91 Å². The summed E-state index contributed by atoms with van der Waals surface area (Å²) in [6.07, 6.45) is 2.54. The van der Waals surface area contributed by atoms with Crippen LogP contribution in [-0.4, -0.2) is 22.3 Å². The monoisotopic (exact) mass is 345 g/mol. The third-order valence-corrected chi connectivity index (χ3v) is 4.77. The van der Waals surface area contributed by atoms with Crippen molar-refractivity contribution in [3.63, 3.8) is 0 Å². The topological polar surface area (TPSA) is 56.2 Å². The summed E-state index contributed by atoms with van der Waals surface area (Å²) in [7, 11) is 0. The number of nitrogens with one attached hydrogen (secondary N) is 1. The number of amides is 1. The van der Waals surface area contributed by atoms with Crippen molar-refractivity contribution in [2.24, 2.45) is 0 Å². The standard InChI is InChI=1S/C19H24FN3O2/c1-4-13(5-2)23-12(3)11-17(22-23)19(24)21-16-9-10-25-18-14(16)7-6-8-15(18)20/h6-8,11,13,16H,4-5,9-10H2,1-3H3,(H,21,24). The van der Waals surface area contributed by atoms with E-state index in [2.05, 4.69) is 24.3 Å². The summed E-state index contributed by atoms with van der Waals surface area (Å²) in [6.45, 7) is 6.56. The molecule has 6 heteroatoms. The van der Waals surface area contributed by atoms with Crippen LogP contribution in [0.1, 0.15) is 66.9 Å². The second-order valence-electron chi connectivity index (χ2n) is 6.41. The van der Waals surface area contributed by atoms with Crippen molar-refractivity contribution in [3.8, 4) is 5.75 Å². The SMILES string of the molecule is CCC(CC)n1nc(C(=O)NC2CCOc3c(F)cccc32)cc1C. The molecule has 25 heavy (non-hydrogen) atoms. The van der Waals surface area contributed by atoms with Gasteiger partial charge in [-0.2, -0.15) is 5.10 Å². The van der Waals surface area contributed by atoms with E-state index in [0.29, 0.717) is 30.3 Å². The Kier molecular flexibility index (Phi) is 5.06. The molecule has 2 aromatic rings. The molecule has 1 aromatic carbocycles. The number of ether oxygens (including phenoxy) is 1. The molecule has 0 aliphatic carbocycles. The number of nitrogens with zero attached hydrogens (tertiary/aromatic N) is 2. The first kappa shape index (κ1) is 17.5. The number of halogens is 1. The van der Waals surface area contributed by atoms with Crippen molar-refractivity contribution in [2.45, 2.75) is 52.1 Å². The minimum atomic E-state index is -0.398. The Bertz CT molecular complexity index is 768. The predicted octanol–water partition coefficient (Wildman–Crippen LogP) is 3.95. The molecule has 134 valence electrons. The number of fused-ring (bicyclic) bond motifs is 1. The van der Waals surface area contributed by atoms with Gasteiger partial charge in [-0.15, -0.1) is 0 Å². The van der Waals surface area contributed by atoms with E-state index in [0.717, 1.165) is 18.5 Å². The highest BCUT2D eigenvalue weighted by Crippen LogP contribution is 2.34. The lowest BCUT2D eigenvalue weighted by Gasteiger charge is -2.26. The van der Waals surface area contributed by atoms with Crippen molar-refractivity contribution in [1.29, 1.82) is 0 Å². The van der Waals surface area contributed by atoms with Crippen molar-refractivity contribution >= 4 is 5.91 Å². The zero-order chi connectivity index (χ0) is 18.0. The molecule has 1 aliphatic heterocycles.